The molecule has 0 bridgehead atoms. The third-order valence-corrected chi connectivity index (χ3v) is 2.76. The van der Waals surface area contributed by atoms with Crippen LogP contribution >= 0.6 is 0 Å². The molecule has 0 aliphatic rings. The number of ether oxygens (including phenoxy) is 1. The molecule has 18 heavy (non-hydrogen) atoms. The zero-order valence-corrected chi connectivity index (χ0v) is 10.5. The predicted octanol–water partition coefficient (Wildman–Crippen LogP) is 3.95. The standard InChI is InChI=1S/C15H16FNO/c1-10-6-7-14(9-15(10)16)18-13-5-3-4-12(8-13)11(2)17/h3-9,11H,17H2,1-2H3. The molecular formula is C15H16FNO. The lowest BCUT2D eigenvalue weighted by Gasteiger charge is -2.10. The quantitative estimate of drug-likeness (QED) is 0.888. The second kappa shape index (κ2) is 5.19. The summed E-state index contributed by atoms with van der Waals surface area (Å²) in [5, 5.41) is 0. The number of halogens is 1. The first-order valence-corrected chi connectivity index (χ1v) is 5.86. The molecule has 0 saturated heterocycles. The molecule has 0 radical (unpaired) electrons. The third-order valence-electron chi connectivity index (χ3n) is 2.76. The van der Waals surface area contributed by atoms with Crippen molar-refractivity contribution in [1.82, 2.24) is 0 Å². The lowest BCUT2D eigenvalue weighted by molar-refractivity contribution is 0.475. The van der Waals surface area contributed by atoms with Crippen LogP contribution in [0.1, 0.15) is 24.1 Å². The van der Waals surface area contributed by atoms with Crippen molar-refractivity contribution >= 4 is 0 Å². The van der Waals surface area contributed by atoms with Gasteiger partial charge in [-0.15, -0.1) is 0 Å². The number of benzene rings is 2. The summed E-state index contributed by atoms with van der Waals surface area (Å²) in [5.74, 6) is 0.879. The third kappa shape index (κ3) is 2.87. The number of nitrogens with two attached hydrogens (primary N) is 1. The predicted molar refractivity (Wildman–Crippen MR) is 70.3 cm³/mol. The van der Waals surface area contributed by atoms with Crippen LogP contribution in [0.25, 0.3) is 0 Å². The van der Waals surface area contributed by atoms with Gasteiger partial charge in [0.1, 0.15) is 17.3 Å². The van der Waals surface area contributed by atoms with E-state index < -0.39 is 0 Å². The highest BCUT2D eigenvalue weighted by Gasteiger charge is 2.04. The first-order valence-electron chi connectivity index (χ1n) is 5.86. The normalized spacial score (nSPS) is 12.2. The zero-order chi connectivity index (χ0) is 13.1. The van der Waals surface area contributed by atoms with Gasteiger partial charge in [0.25, 0.3) is 0 Å². The van der Waals surface area contributed by atoms with Crippen LogP contribution in [0.5, 0.6) is 11.5 Å². The smallest absolute Gasteiger partial charge is 0.130 e. The van der Waals surface area contributed by atoms with Gasteiger partial charge in [-0.1, -0.05) is 18.2 Å². The van der Waals surface area contributed by atoms with Gasteiger partial charge in [0.2, 0.25) is 0 Å². The molecule has 2 aromatic carbocycles. The molecule has 0 aliphatic carbocycles. The Labute approximate surface area is 106 Å². The highest BCUT2D eigenvalue weighted by Crippen LogP contribution is 2.25. The number of rotatable bonds is 3. The van der Waals surface area contributed by atoms with Gasteiger partial charge >= 0.3 is 0 Å². The Morgan fingerprint density at radius 1 is 1.11 bits per heavy atom. The molecule has 94 valence electrons. The Morgan fingerprint density at radius 3 is 2.50 bits per heavy atom. The number of aryl methyl sites for hydroxylation is 1. The summed E-state index contributed by atoms with van der Waals surface area (Å²) in [6.45, 7) is 3.63. The molecule has 0 amide bonds. The SMILES string of the molecule is Cc1ccc(Oc2cccc(C(C)N)c2)cc1F. The van der Waals surface area contributed by atoms with E-state index in [1.807, 2.05) is 31.2 Å². The highest BCUT2D eigenvalue weighted by atomic mass is 19.1. The fraction of sp³-hybridized carbons (Fsp3) is 0.200. The molecule has 0 spiro atoms. The van der Waals surface area contributed by atoms with E-state index >= 15 is 0 Å². The first-order chi connectivity index (χ1) is 8.56. The number of hydrogen-bond acceptors (Lipinski definition) is 2. The summed E-state index contributed by atoms with van der Waals surface area (Å²) in [5.41, 5.74) is 7.39. The van der Waals surface area contributed by atoms with Crippen LogP contribution in [0, 0.1) is 12.7 Å². The first kappa shape index (κ1) is 12.6. The average molecular weight is 245 g/mol. The van der Waals surface area contributed by atoms with Gasteiger partial charge in [0.05, 0.1) is 0 Å². The van der Waals surface area contributed by atoms with Gasteiger partial charge in [0.15, 0.2) is 0 Å². The fourth-order valence-corrected chi connectivity index (χ4v) is 1.63. The molecule has 2 rings (SSSR count). The molecule has 0 aromatic heterocycles. The van der Waals surface area contributed by atoms with Gasteiger partial charge in [-0.2, -0.15) is 0 Å². The van der Waals surface area contributed by atoms with Crippen LogP contribution in [-0.4, -0.2) is 0 Å². The number of hydrogen-bond donors (Lipinski definition) is 1. The van der Waals surface area contributed by atoms with Gasteiger partial charge in [-0.05, 0) is 43.2 Å². The van der Waals surface area contributed by atoms with Crippen molar-refractivity contribution in [3.05, 3.63) is 59.4 Å². The molecule has 0 saturated carbocycles. The monoisotopic (exact) mass is 245 g/mol. The molecule has 0 aliphatic heterocycles. The Kier molecular flexibility index (Phi) is 3.63. The van der Waals surface area contributed by atoms with Gasteiger partial charge in [-0.3, -0.25) is 0 Å². The van der Waals surface area contributed by atoms with Crippen molar-refractivity contribution < 1.29 is 9.13 Å². The van der Waals surface area contributed by atoms with E-state index in [1.165, 1.54) is 6.07 Å². The van der Waals surface area contributed by atoms with Crippen molar-refractivity contribution in [2.75, 3.05) is 0 Å². The van der Waals surface area contributed by atoms with E-state index in [0.717, 1.165) is 5.56 Å². The van der Waals surface area contributed by atoms with Gasteiger partial charge in [-0.25, -0.2) is 4.39 Å². The molecule has 1 unspecified atom stereocenters. The van der Waals surface area contributed by atoms with Crippen LogP contribution in [0.2, 0.25) is 0 Å². The molecular weight excluding hydrogens is 229 g/mol. The summed E-state index contributed by atoms with van der Waals surface area (Å²) in [6.07, 6.45) is 0. The van der Waals surface area contributed by atoms with E-state index in [9.17, 15) is 4.39 Å². The second-order valence-electron chi connectivity index (χ2n) is 4.37. The van der Waals surface area contributed by atoms with Crippen LogP contribution in [0.15, 0.2) is 42.5 Å². The zero-order valence-electron chi connectivity index (χ0n) is 10.5. The molecule has 1 atom stereocenters. The summed E-state index contributed by atoms with van der Waals surface area (Å²) < 4.78 is 19.0. The Bertz CT molecular complexity index is 552. The highest BCUT2D eigenvalue weighted by molar-refractivity contribution is 5.36. The molecule has 3 heteroatoms. The summed E-state index contributed by atoms with van der Waals surface area (Å²) in [4.78, 5) is 0. The van der Waals surface area contributed by atoms with Gasteiger partial charge < -0.3 is 10.5 Å². The van der Waals surface area contributed by atoms with E-state index in [-0.39, 0.29) is 11.9 Å². The Hall–Kier alpha value is -1.87. The molecule has 2 nitrogen and oxygen atoms in total. The Morgan fingerprint density at radius 2 is 1.83 bits per heavy atom. The van der Waals surface area contributed by atoms with E-state index in [1.54, 1.807) is 19.1 Å². The summed E-state index contributed by atoms with van der Waals surface area (Å²) >= 11 is 0. The topological polar surface area (TPSA) is 35.2 Å². The van der Waals surface area contributed by atoms with Crippen LogP contribution in [0.3, 0.4) is 0 Å². The maximum absolute atomic E-state index is 13.4. The summed E-state index contributed by atoms with van der Waals surface area (Å²) in [7, 11) is 0. The van der Waals surface area contributed by atoms with Crippen LogP contribution in [0.4, 0.5) is 4.39 Å². The van der Waals surface area contributed by atoms with Crippen molar-refractivity contribution in [3.63, 3.8) is 0 Å². The van der Waals surface area contributed by atoms with Gasteiger partial charge in [0, 0.05) is 12.1 Å². The maximum atomic E-state index is 13.4. The Balaban J connectivity index is 2.23. The van der Waals surface area contributed by atoms with E-state index in [2.05, 4.69) is 0 Å². The fourth-order valence-electron chi connectivity index (χ4n) is 1.63. The maximum Gasteiger partial charge on any atom is 0.130 e. The largest absolute Gasteiger partial charge is 0.457 e. The van der Waals surface area contributed by atoms with Crippen LogP contribution in [-0.2, 0) is 0 Å². The lowest BCUT2D eigenvalue weighted by atomic mass is 10.1. The summed E-state index contributed by atoms with van der Waals surface area (Å²) in [6, 6.07) is 12.3. The molecule has 0 heterocycles. The minimum atomic E-state index is -0.268. The minimum absolute atomic E-state index is 0.0525. The molecule has 0 fully saturated rings. The van der Waals surface area contributed by atoms with E-state index in [4.69, 9.17) is 10.5 Å². The molecule has 2 N–H and O–H groups in total. The van der Waals surface area contributed by atoms with Crippen molar-refractivity contribution in [3.8, 4) is 11.5 Å². The lowest BCUT2D eigenvalue weighted by Crippen LogP contribution is -2.04. The van der Waals surface area contributed by atoms with E-state index in [0.29, 0.717) is 17.1 Å². The van der Waals surface area contributed by atoms with Crippen LogP contribution < -0.4 is 10.5 Å². The average Bonchev–Trinajstić information content (AvgIpc) is 2.34. The molecule has 2 aromatic rings. The van der Waals surface area contributed by atoms with Crippen molar-refractivity contribution in [1.29, 1.82) is 0 Å². The minimum Gasteiger partial charge on any atom is -0.457 e. The second-order valence-corrected chi connectivity index (χ2v) is 4.37. The van der Waals surface area contributed by atoms with Crippen molar-refractivity contribution in [2.24, 2.45) is 5.73 Å². The van der Waals surface area contributed by atoms with Crippen molar-refractivity contribution in [2.45, 2.75) is 19.9 Å².